The molecule has 2 aromatic rings. The van der Waals surface area contributed by atoms with E-state index in [0.29, 0.717) is 6.54 Å². The summed E-state index contributed by atoms with van der Waals surface area (Å²) in [5.41, 5.74) is 0.913. The SMILES string of the molecule is Cc1ccc(N2CCC(C(=O)NCc3ccco3)CC2)nn1. The van der Waals surface area contributed by atoms with E-state index in [1.165, 1.54) is 0 Å². The van der Waals surface area contributed by atoms with Crippen molar-refractivity contribution in [1.82, 2.24) is 15.5 Å². The molecular weight excluding hydrogens is 280 g/mol. The molecule has 1 N–H and O–H groups in total. The normalized spacial score (nSPS) is 15.8. The highest BCUT2D eigenvalue weighted by Crippen LogP contribution is 2.21. The van der Waals surface area contributed by atoms with Crippen molar-refractivity contribution in [1.29, 1.82) is 0 Å². The number of rotatable bonds is 4. The van der Waals surface area contributed by atoms with E-state index in [-0.39, 0.29) is 11.8 Å². The van der Waals surface area contributed by atoms with Gasteiger partial charge < -0.3 is 14.6 Å². The van der Waals surface area contributed by atoms with Crippen LogP contribution in [0.4, 0.5) is 5.82 Å². The molecule has 0 spiro atoms. The Labute approximate surface area is 129 Å². The molecule has 3 heterocycles. The highest BCUT2D eigenvalue weighted by Gasteiger charge is 2.25. The van der Waals surface area contributed by atoms with Gasteiger partial charge in [0.05, 0.1) is 18.5 Å². The van der Waals surface area contributed by atoms with Crippen LogP contribution in [0.1, 0.15) is 24.3 Å². The highest BCUT2D eigenvalue weighted by molar-refractivity contribution is 5.78. The molecule has 6 heteroatoms. The predicted octanol–water partition coefficient (Wildman–Crippen LogP) is 1.91. The largest absolute Gasteiger partial charge is 0.467 e. The van der Waals surface area contributed by atoms with Crippen LogP contribution in [0.15, 0.2) is 34.9 Å². The first kappa shape index (κ1) is 14.6. The monoisotopic (exact) mass is 300 g/mol. The lowest BCUT2D eigenvalue weighted by Crippen LogP contribution is -2.40. The number of hydrogen-bond acceptors (Lipinski definition) is 5. The number of hydrogen-bond donors (Lipinski definition) is 1. The van der Waals surface area contributed by atoms with E-state index >= 15 is 0 Å². The number of anilines is 1. The van der Waals surface area contributed by atoms with Crippen molar-refractivity contribution in [2.75, 3.05) is 18.0 Å². The van der Waals surface area contributed by atoms with Crippen LogP contribution in [0.3, 0.4) is 0 Å². The molecule has 0 unspecified atom stereocenters. The molecule has 6 nitrogen and oxygen atoms in total. The van der Waals surface area contributed by atoms with E-state index in [4.69, 9.17) is 4.42 Å². The van der Waals surface area contributed by atoms with Crippen molar-refractivity contribution in [3.63, 3.8) is 0 Å². The summed E-state index contributed by atoms with van der Waals surface area (Å²) in [6, 6.07) is 7.63. The van der Waals surface area contributed by atoms with Gasteiger partial charge in [-0.25, -0.2) is 0 Å². The van der Waals surface area contributed by atoms with Crippen LogP contribution >= 0.6 is 0 Å². The summed E-state index contributed by atoms with van der Waals surface area (Å²) >= 11 is 0. The second-order valence-corrected chi connectivity index (χ2v) is 5.59. The van der Waals surface area contributed by atoms with Crippen molar-refractivity contribution in [2.45, 2.75) is 26.3 Å². The first-order chi connectivity index (χ1) is 10.7. The summed E-state index contributed by atoms with van der Waals surface area (Å²) < 4.78 is 5.22. The van der Waals surface area contributed by atoms with Crippen LogP contribution in [0, 0.1) is 12.8 Å². The minimum absolute atomic E-state index is 0.0598. The van der Waals surface area contributed by atoms with E-state index in [9.17, 15) is 4.79 Å². The standard InChI is InChI=1S/C16H20N4O2/c1-12-4-5-15(19-18-12)20-8-6-13(7-9-20)16(21)17-11-14-3-2-10-22-14/h2-5,10,13H,6-9,11H2,1H3,(H,17,21). The van der Waals surface area contributed by atoms with Gasteiger partial charge in [0.1, 0.15) is 5.76 Å². The van der Waals surface area contributed by atoms with Gasteiger partial charge >= 0.3 is 0 Å². The van der Waals surface area contributed by atoms with Crippen LogP contribution in [-0.2, 0) is 11.3 Å². The Bertz CT molecular complexity index is 602. The summed E-state index contributed by atoms with van der Waals surface area (Å²) in [6.45, 7) is 4.04. The smallest absolute Gasteiger partial charge is 0.223 e. The van der Waals surface area contributed by atoms with E-state index in [1.54, 1.807) is 6.26 Å². The molecule has 0 aromatic carbocycles. The average molecular weight is 300 g/mol. The van der Waals surface area contributed by atoms with Gasteiger partial charge in [-0.15, -0.1) is 5.10 Å². The van der Waals surface area contributed by atoms with Crippen molar-refractivity contribution >= 4 is 11.7 Å². The number of carbonyl (C=O) groups is 1. The van der Waals surface area contributed by atoms with E-state index in [2.05, 4.69) is 20.4 Å². The Kier molecular flexibility index (Phi) is 4.37. The molecule has 0 aliphatic carbocycles. The quantitative estimate of drug-likeness (QED) is 0.934. The van der Waals surface area contributed by atoms with Gasteiger partial charge in [-0.1, -0.05) is 0 Å². The first-order valence-corrected chi connectivity index (χ1v) is 7.58. The average Bonchev–Trinajstić information content (AvgIpc) is 3.07. The molecule has 1 fully saturated rings. The molecule has 0 saturated carbocycles. The first-order valence-electron chi connectivity index (χ1n) is 7.58. The van der Waals surface area contributed by atoms with Crippen molar-refractivity contribution < 1.29 is 9.21 Å². The Morgan fingerprint density at radius 3 is 2.77 bits per heavy atom. The Morgan fingerprint density at radius 2 is 2.14 bits per heavy atom. The molecule has 1 aliphatic heterocycles. The van der Waals surface area contributed by atoms with Crippen LogP contribution in [-0.4, -0.2) is 29.2 Å². The topological polar surface area (TPSA) is 71.3 Å². The zero-order valence-corrected chi connectivity index (χ0v) is 12.7. The fourth-order valence-corrected chi connectivity index (χ4v) is 2.66. The number of piperidine rings is 1. The number of nitrogens with one attached hydrogen (secondary N) is 1. The fraction of sp³-hybridized carbons (Fsp3) is 0.438. The zero-order chi connectivity index (χ0) is 15.4. The lowest BCUT2D eigenvalue weighted by atomic mass is 9.96. The second kappa shape index (κ2) is 6.60. The third-order valence-electron chi connectivity index (χ3n) is 3.99. The van der Waals surface area contributed by atoms with Gasteiger partial charge in [-0.2, -0.15) is 5.10 Å². The van der Waals surface area contributed by atoms with Crippen molar-refractivity contribution in [3.05, 3.63) is 42.0 Å². The number of carbonyl (C=O) groups excluding carboxylic acids is 1. The van der Waals surface area contributed by atoms with Crippen molar-refractivity contribution in [3.8, 4) is 0 Å². The minimum Gasteiger partial charge on any atom is -0.467 e. The summed E-state index contributed by atoms with van der Waals surface area (Å²) in [5.74, 6) is 1.83. The van der Waals surface area contributed by atoms with Gasteiger partial charge in [0.25, 0.3) is 0 Å². The molecule has 0 atom stereocenters. The maximum absolute atomic E-state index is 12.2. The molecule has 1 amide bonds. The van der Waals surface area contributed by atoms with Gasteiger partial charge in [0.2, 0.25) is 5.91 Å². The van der Waals surface area contributed by atoms with E-state index in [0.717, 1.165) is 43.2 Å². The molecule has 2 aromatic heterocycles. The van der Waals surface area contributed by atoms with Crippen LogP contribution < -0.4 is 10.2 Å². The maximum Gasteiger partial charge on any atom is 0.223 e. The van der Waals surface area contributed by atoms with Gasteiger partial charge in [0, 0.05) is 19.0 Å². The Morgan fingerprint density at radius 1 is 1.32 bits per heavy atom. The predicted molar refractivity (Wildman–Crippen MR) is 82.3 cm³/mol. The summed E-state index contributed by atoms with van der Waals surface area (Å²) in [4.78, 5) is 14.4. The van der Waals surface area contributed by atoms with Gasteiger partial charge in [0.15, 0.2) is 5.82 Å². The number of aromatic nitrogens is 2. The maximum atomic E-state index is 12.2. The van der Waals surface area contributed by atoms with Gasteiger partial charge in [-0.05, 0) is 44.0 Å². The number of aryl methyl sites for hydroxylation is 1. The summed E-state index contributed by atoms with van der Waals surface area (Å²) in [5, 5.41) is 11.2. The van der Waals surface area contributed by atoms with Crippen LogP contribution in [0.25, 0.3) is 0 Å². The van der Waals surface area contributed by atoms with Crippen LogP contribution in [0.5, 0.6) is 0 Å². The lowest BCUT2D eigenvalue weighted by molar-refractivity contribution is -0.125. The van der Waals surface area contributed by atoms with Crippen molar-refractivity contribution in [2.24, 2.45) is 5.92 Å². The molecule has 0 bridgehead atoms. The minimum atomic E-state index is 0.0598. The number of furan rings is 1. The molecular formula is C16H20N4O2. The molecule has 3 rings (SSSR count). The number of amides is 1. The second-order valence-electron chi connectivity index (χ2n) is 5.59. The molecule has 1 saturated heterocycles. The zero-order valence-electron chi connectivity index (χ0n) is 12.7. The third-order valence-corrected chi connectivity index (χ3v) is 3.99. The summed E-state index contributed by atoms with van der Waals surface area (Å²) in [6.07, 6.45) is 3.28. The fourth-order valence-electron chi connectivity index (χ4n) is 2.66. The number of nitrogens with zero attached hydrogens (tertiary/aromatic N) is 3. The lowest BCUT2D eigenvalue weighted by Gasteiger charge is -2.31. The van der Waals surface area contributed by atoms with Gasteiger partial charge in [-0.3, -0.25) is 4.79 Å². The van der Waals surface area contributed by atoms with E-state index < -0.39 is 0 Å². The molecule has 1 aliphatic rings. The molecule has 116 valence electrons. The molecule has 0 radical (unpaired) electrons. The third kappa shape index (κ3) is 3.44. The highest BCUT2D eigenvalue weighted by atomic mass is 16.3. The Balaban J connectivity index is 1.48. The van der Waals surface area contributed by atoms with Crippen LogP contribution in [0.2, 0.25) is 0 Å². The summed E-state index contributed by atoms with van der Waals surface area (Å²) in [7, 11) is 0. The Hall–Kier alpha value is -2.37. The molecule has 22 heavy (non-hydrogen) atoms. The van der Waals surface area contributed by atoms with E-state index in [1.807, 2.05) is 31.2 Å².